The molecule has 2 aromatic rings. The van der Waals surface area contributed by atoms with E-state index in [1.165, 1.54) is 5.56 Å². The normalized spacial score (nSPS) is 10.5. The smallest absolute Gasteiger partial charge is 0.167 e. The van der Waals surface area contributed by atoms with Crippen molar-refractivity contribution in [2.75, 3.05) is 0 Å². The van der Waals surface area contributed by atoms with Crippen molar-refractivity contribution in [2.45, 2.75) is 26.7 Å². The van der Waals surface area contributed by atoms with Crippen LogP contribution in [0.3, 0.4) is 0 Å². The van der Waals surface area contributed by atoms with E-state index < -0.39 is 0 Å². The van der Waals surface area contributed by atoms with Crippen LogP contribution in [0, 0.1) is 6.92 Å². The van der Waals surface area contributed by atoms with Crippen LogP contribution in [0.5, 0.6) is 0 Å². The fraction of sp³-hybridized carbons (Fsp3) is 0.235. The minimum absolute atomic E-state index is 0.161. The first-order chi connectivity index (χ1) is 9.08. The molecule has 0 saturated carbocycles. The van der Waals surface area contributed by atoms with E-state index in [0.29, 0.717) is 6.42 Å². The zero-order valence-corrected chi connectivity index (χ0v) is 12.8. The Morgan fingerprint density at radius 2 is 1.68 bits per heavy atom. The lowest BCUT2D eigenvalue weighted by Gasteiger charge is -2.05. The number of hydrogen-bond acceptors (Lipinski definition) is 1. The van der Waals surface area contributed by atoms with Crippen LogP contribution in [0.2, 0.25) is 0 Å². The molecule has 0 aliphatic heterocycles. The summed E-state index contributed by atoms with van der Waals surface area (Å²) >= 11 is 3.43. The molecule has 0 heterocycles. The van der Waals surface area contributed by atoms with Crippen molar-refractivity contribution in [2.24, 2.45) is 0 Å². The van der Waals surface area contributed by atoms with E-state index in [4.69, 9.17) is 0 Å². The van der Waals surface area contributed by atoms with Crippen molar-refractivity contribution in [3.05, 3.63) is 69.2 Å². The summed E-state index contributed by atoms with van der Waals surface area (Å²) < 4.78 is 0.956. The zero-order valence-electron chi connectivity index (χ0n) is 11.2. The highest BCUT2D eigenvalue weighted by molar-refractivity contribution is 9.10. The van der Waals surface area contributed by atoms with Crippen molar-refractivity contribution in [3.63, 3.8) is 0 Å². The molecular formula is C17H17BrO. The molecule has 98 valence electrons. The van der Waals surface area contributed by atoms with Crippen LogP contribution in [0.25, 0.3) is 0 Å². The molecule has 0 radical (unpaired) electrons. The number of ketones is 1. The minimum atomic E-state index is 0.161. The second-order valence-electron chi connectivity index (χ2n) is 4.79. The van der Waals surface area contributed by atoms with Gasteiger partial charge in [0.15, 0.2) is 5.78 Å². The first kappa shape index (κ1) is 14.0. The molecule has 0 unspecified atom stereocenters. The average molecular weight is 317 g/mol. The van der Waals surface area contributed by atoms with Gasteiger partial charge in [-0.2, -0.15) is 0 Å². The van der Waals surface area contributed by atoms with Gasteiger partial charge in [0.25, 0.3) is 0 Å². The largest absolute Gasteiger partial charge is 0.294 e. The van der Waals surface area contributed by atoms with Crippen LogP contribution >= 0.6 is 15.9 Å². The Bertz CT molecular complexity index is 564. The summed E-state index contributed by atoms with van der Waals surface area (Å²) in [5.74, 6) is 0.161. The molecule has 0 amide bonds. The fourth-order valence-electron chi connectivity index (χ4n) is 2.08. The van der Waals surface area contributed by atoms with Gasteiger partial charge in [-0.15, -0.1) is 0 Å². The highest BCUT2D eigenvalue weighted by Crippen LogP contribution is 2.17. The van der Waals surface area contributed by atoms with Crippen LogP contribution < -0.4 is 0 Å². The summed E-state index contributed by atoms with van der Waals surface area (Å²) in [6.07, 6.45) is 1.49. The quantitative estimate of drug-likeness (QED) is 0.744. The van der Waals surface area contributed by atoms with E-state index in [1.807, 2.05) is 37.3 Å². The van der Waals surface area contributed by atoms with E-state index in [9.17, 15) is 4.79 Å². The maximum Gasteiger partial charge on any atom is 0.167 e. The number of benzene rings is 2. The molecular weight excluding hydrogens is 300 g/mol. The molecule has 0 aromatic heterocycles. The Kier molecular flexibility index (Phi) is 4.54. The minimum Gasteiger partial charge on any atom is -0.294 e. The first-order valence-corrected chi connectivity index (χ1v) is 7.26. The van der Waals surface area contributed by atoms with Crippen molar-refractivity contribution < 1.29 is 4.79 Å². The zero-order chi connectivity index (χ0) is 13.8. The van der Waals surface area contributed by atoms with E-state index in [0.717, 1.165) is 27.6 Å². The lowest BCUT2D eigenvalue weighted by Crippen LogP contribution is -2.04. The van der Waals surface area contributed by atoms with E-state index >= 15 is 0 Å². The summed E-state index contributed by atoms with van der Waals surface area (Å²) in [5, 5.41) is 0. The maximum atomic E-state index is 12.3. The van der Waals surface area contributed by atoms with Gasteiger partial charge in [0.05, 0.1) is 0 Å². The average Bonchev–Trinajstić information content (AvgIpc) is 2.38. The highest BCUT2D eigenvalue weighted by Gasteiger charge is 2.08. The van der Waals surface area contributed by atoms with Crippen molar-refractivity contribution >= 4 is 21.7 Å². The first-order valence-electron chi connectivity index (χ1n) is 6.46. The molecule has 0 aliphatic carbocycles. The monoisotopic (exact) mass is 316 g/mol. The van der Waals surface area contributed by atoms with Gasteiger partial charge in [0, 0.05) is 16.5 Å². The predicted octanol–water partition coefficient (Wildman–Crippen LogP) is 4.75. The van der Waals surface area contributed by atoms with Gasteiger partial charge in [0.2, 0.25) is 0 Å². The Hall–Kier alpha value is -1.41. The molecule has 2 heteroatoms. The fourth-order valence-corrected chi connectivity index (χ4v) is 2.69. The van der Waals surface area contributed by atoms with Crippen molar-refractivity contribution in [3.8, 4) is 0 Å². The lowest BCUT2D eigenvalue weighted by molar-refractivity contribution is 0.0993. The number of rotatable bonds is 4. The van der Waals surface area contributed by atoms with Crippen LogP contribution in [0.15, 0.2) is 46.9 Å². The Morgan fingerprint density at radius 3 is 2.26 bits per heavy atom. The third-order valence-corrected chi connectivity index (χ3v) is 3.62. The number of hydrogen-bond donors (Lipinski definition) is 0. The van der Waals surface area contributed by atoms with Gasteiger partial charge < -0.3 is 0 Å². The summed E-state index contributed by atoms with van der Waals surface area (Å²) in [7, 11) is 0. The van der Waals surface area contributed by atoms with Gasteiger partial charge in [-0.3, -0.25) is 4.79 Å². The molecule has 0 N–H and O–H groups in total. The second-order valence-corrected chi connectivity index (χ2v) is 5.70. The molecule has 0 fully saturated rings. The summed E-state index contributed by atoms with van der Waals surface area (Å²) in [4.78, 5) is 12.3. The van der Waals surface area contributed by atoms with Crippen LogP contribution in [-0.4, -0.2) is 5.78 Å². The van der Waals surface area contributed by atoms with E-state index in [2.05, 4.69) is 35.0 Å². The van der Waals surface area contributed by atoms with Gasteiger partial charge in [-0.1, -0.05) is 47.1 Å². The number of halogens is 1. The molecule has 0 spiro atoms. The van der Waals surface area contributed by atoms with Crippen LogP contribution in [0.4, 0.5) is 0 Å². The number of aryl methyl sites for hydroxylation is 2. The predicted molar refractivity (Wildman–Crippen MR) is 82.7 cm³/mol. The summed E-state index contributed by atoms with van der Waals surface area (Å²) in [5.41, 5.74) is 4.24. The van der Waals surface area contributed by atoms with Crippen molar-refractivity contribution in [1.82, 2.24) is 0 Å². The standard InChI is InChI=1S/C17H17BrO/c1-3-13-4-6-14(7-5-13)10-17(19)15-8-12(2)9-16(18)11-15/h4-9,11H,3,10H2,1-2H3. The van der Waals surface area contributed by atoms with Crippen molar-refractivity contribution in [1.29, 1.82) is 0 Å². The molecule has 0 saturated heterocycles. The molecule has 0 aliphatic rings. The lowest BCUT2D eigenvalue weighted by atomic mass is 10.0. The van der Waals surface area contributed by atoms with Crippen LogP contribution in [0.1, 0.15) is 34.0 Å². The summed E-state index contributed by atoms with van der Waals surface area (Å²) in [6.45, 7) is 4.13. The third kappa shape index (κ3) is 3.77. The van der Waals surface area contributed by atoms with Gasteiger partial charge in [-0.25, -0.2) is 0 Å². The topological polar surface area (TPSA) is 17.1 Å². The van der Waals surface area contributed by atoms with E-state index in [-0.39, 0.29) is 5.78 Å². The molecule has 2 rings (SSSR count). The Balaban J connectivity index is 2.15. The molecule has 1 nitrogen and oxygen atoms in total. The molecule has 0 atom stereocenters. The SMILES string of the molecule is CCc1ccc(CC(=O)c2cc(C)cc(Br)c2)cc1. The molecule has 19 heavy (non-hydrogen) atoms. The molecule has 2 aromatic carbocycles. The van der Waals surface area contributed by atoms with E-state index in [1.54, 1.807) is 0 Å². The number of carbonyl (C=O) groups is 1. The van der Waals surface area contributed by atoms with Crippen LogP contribution in [-0.2, 0) is 12.8 Å². The van der Waals surface area contributed by atoms with Gasteiger partial charge in [-0.05, 0) is 48.2 Å². The Morgan fingerprint density at radius 1 is 1.05 bits per heavy atom. The third-order valence-electron chi connectivity index (χ3n) is 3.16. The maximum absolute atomic E-state index is 12.3. The number of Topliss-reactive ketones (excluding diaryl/α,β-unsaturated/α-hetero) is 1. The Labute approximate surface area is 122 Å². The van der Waals surface area contributed by atoms with Gasteiger partial charge in [0.1, 0.15) is 0 Å². The summed E-state index contributed by atoms with van der Waals surface area (Å²) in [6, 6.07) is 14.1. The number of carbonyl (C=O) groups excluding carboxylic acids is 1. The second kappa shape index (κ2) is 6.16. The highest BCUT2D eigenvalue weighted by atomic mass is 79.9. The molecule has 0 bridgehead atoms. The van der Waals surface area contributed by atoms with Gasteiger partial charge >= 0.3 is 0 Å².